The van der Waals surface area contributed by atoms with E-state index in [0.717, 1.165) is 25.1 Å². The van der Waals surface area contributed by atoms with Crippen LogP contribution in [0.1, 0.15) is 16.7 Å². The molecule has 0 saturated heterocycles. The van der Waals surface area contributed by atoms with Crippen molar-refractivity contribution in [2.24, 2.45) is 0 Å². The maximum atomic E-state index is 12.6. The van der Waals surface area contributed by atoms with E-state index in [-0.39, 0.29) is 5.91 Å². The van der Waals surface area contributed by atoms with E-state index in [2.05, 4.69) is 54.6 Å². The summed E-state index contributed by atoms with van der Waals surface area (Å²) in [6.07, 6.45) is 1.44. The third kappa shape index (κ3) is 2.85. The second-order valence-electron chi connectivity index (χ2n) is 6.19. The zero-order chi connectivity index (χ0) is 15.6. The number of rotatable bonds is 2. The Kier molecular flexibility index (Phi) is 3.58. The Balaban J connectivity index is 1.51. The molecule has 0 aromatic heterocycles. The third-order valence-electron chi connectivity index (χ3n) is 4.65. The molecule has 2 nitrogen and oxygen atoms in total. The van der Waals surface area contributed by atoms with Crippen molar-refractivity contribution in [2.75, 3.05) is 6.54 Å². The second-order valence-corrected chi connectivity index (χ2v) is 6.19. The first-order valence-corrected chi connectivity index (χ1v) is 8.12. The predicted octanol–water partition coefficient (Wildman–Crippen LogP) is 3.97. The molecule has 0 bridgehead atoms. The minimum atomic E-state index is 0.217. The molecule has 1 heterocycles. The van der Waals surface area contributed by atoms with Crippen LogP contribution in [0.4, 0.5) is 0 Å². The monoisotopic (exact) mass is 301 g/mol. The summed E-state index contributed by atoms with van der Waals surface area (Å²) in [4.78, 5) is 14.6. The number of amides is 1. The van der Waals surface area contributed by atoms with Crippen molar-refractivity contribution in [1.82, 2.24) is 4.90 Å². The molecule has 0 atom stereocenters. The fraction of sp³-hybridized carbons (Fsp3) is 0.190. The molecule has 1 aliphatic rings. The van der Waals surface area contributed by atoms with Crippen LogP contribution < -0.4 is 0 Å². The van der Waals surface area contributed by atoms with Crippen molar-refractivity contribution >= 4 is 16.7 Å². The van der Waals surface area contributed by atoms with E-state index in [4.69, 9.17) is 0 Å². The molecule has 0 fully saturated rings. The minimum absolute atomic E-state index is 0.217. The van der Waals surface area contributed by atoms with Gasteiger partial charge in [0.15, 0.2) is 0 Å². The van der Waals surface area contributed by atoms with Gasteiger partial charge in [0.2, 0.25) is 5.91 Å². The quantitative estimate of drug-likeness (QED) is 0.701. The maximum Gasteiger partial charge on any atom is 0.227 e. The first-order chi connectivity index (χ1) is 11.3. The average molecular weight is 301 g/mol. The van der Waals surface area contributed by atoms with E-state index in [1.807, 2.05) is 17.0 Å². The lowest BCUT2D eigenvalue weighted by Crippen LogP contribution is -2.36. The van der Waals surface area contributed by atoms with Crippen LogP contribution in [-0.2, 0) is 24.2 Å². The van der Waals surface area contributed by atoms with Crippen LogP contribution in [0.15, 0.2) is 66.7 Å². The van der Waals surface area contributed by atoms with Crippen LogP contribution >= 0.6 is 0 Å². The van der Waals surface area contributed by atoms with E-state index in [9.17, 15) is 4.79 Å². The van der Waals surface area contributed by atoms with Crippen LogP contribution in [0.25, 0.3) is 10.8 Å². The normalized spacial score (nSPS) is 13.8. The minimum Gasteiger partial charge on any atom is -0.338 e. The molecule has 0 saturated carbocycles. The standard InChI is InChI=1S/C21H19NO/c23-21(22-12-11-18-6-2-4-8-20(18)15-22)14-16-9-10-17-5-1-3-7-19(17)13-16/h1-10,13H,11-12,14-15H2. The molecule has 1 aliphatic heterocycles. The van der Waals surface area contributed by atoms with Crippen LogP contribution in [0.2, 0.25) is 0 Å². The van der Waals surface area contributed by atoms with E-state index >= 15 is 0 Å². The lowest BCUT2D eigenvalue weighted by Gasteiger charge is -2.29. The number of hydrogen-bond acceptors (Lipinski definition) is 1. The van der Waals surface area contributed by atoms with Crippen molar-refractivity contribution < 1.29 is 4.79 Å². The highest BCUT2D eigenvalue weighted by Crippen LogP contribution is 2.20. The summed E-state index contributed by atoms with van der Waals surface area (Å²) in [6.45, 7) is 1.56. The molecule has 0 spiro atoms. The van der Waals surface area contributed by atoms with Crippen LogP contribution in [0.3, 0.4) is 0 Å². The zero-order valence-corrected chi connectivity index (χ0v) is 13.0. The zero-order valence-electron chi connectivity index (χ0n) is 13.0. The SMILES string of the molecule is O=C(Cc1ccc2ccccc2c1)N1CCc2ccccc2C1. The highest BCUT2D eigenvalue weighted by molar-refractivity contribution is 5.85. The van der Waals surface area contributed by atoms with Gasteiger partial charge < -0.3 is 4.90 Å². The van der Waals surface area contributed by atoms with E-state index in [1.54, 1.807) is 0 Å². The molecule has 4 rings (SSSR count). The lowest BCUT2D eigenvalue weighted by atomic mass is 9.99. The van der Waals surface area contributed by atoms with Crippen molar-refractivity contribution in [1.29, 1.82) is 0 Å². The number of nitrogens with zero attached hydrogens (tertiary/aromatic N) is 1. The van der Waals surface area contributed by atoms with Crippen molar-refractivity contribution in [3.05, 3.63) is 83.4 Å². The molecular weight excluding hydrogens is 282 g/mol. The molecular formula is C21H19NO. The molecule has 0 unspecified atom stereocenters. The summed E-state index contributed by atoms with van der Waals surface area (Å²) in [5, 5.41) is 2.41. The summed E-state index contributed by atoms with van der Waals surface area (Å²) in [5.74, 6) is 0.217. The van der Waals surface area contributed by atoms with Gasteiger partial charge in [-0.1, -0.05) is 66.7 Å². The fourth-order valence-electron chi connectivity index (χ4n) is 3.34. The molecule has 0 N–H and O–H groups in total. The molecule has 114 valence electrons. The summed E-state index contributed by atoms with van der Waals surface area (Å²) < 4.78 is 0. The van der Waals surface area contributed by atoms with E-state index in [1.165, 1.54) is 21.9 Å². The number of carbonyl (C=O) groups excluding carboxylic acids is 1. The van der Waals surface area contributed by atoms with Crippen molar-refractivity contribution in [2.45, 2.75) is 19.4 Å². The predicted molar refractivity (Wildman–Crippen MR) is 93.2 cm³/mol. The van der Waals surface area contributed by atoms with Gasteiger partial charge in [-0.15, -0.1) is 0 Å². The Morgan fingerprint density at radius 1 is 0.870 bits per heavy atom. The highest BCUT2D eigenvalue weighted by Gasteiger charge is 2.20. The molecule has 3 aromatic rings. The van der Waals surface area contributed by atoms with E-state index < -0.39 is 0 Å². The van der Waals surface area contributed by atoms with Gasteiger partial charge in [0.05, 0.1) is 6.42 Å². The Morgan fingerprint density at radius 2 is 1.61 bits per heavy atom. The van der Waals surface area contributed by atoms with Gasteiger partial charge in [0.25, 0.3) is 0 Å². The summed E-state index contributed by atoms with van der Waals surface area (Å²) in [5.41, 5.74) is 3.75. The van der Waals surface area contributed by atoms with Gasteiger partial charge in [0.1, 0.15) is 0 Å². The number of fused-ring (bicyclic) bond motifs is 2. The number of carbonyl (C=O) groups is 1. The molecule has 2 heteroatoms. The van der Waals surface area contributed by atoms with Gasteiger partial charge in [0, 0.05) is 13.1 Å². The summed E-state index contributed by atoms with van der Waals surface area (Å²) in [6, 6.07) is 23.0. The first kappa shape index (κ1) is 14.0. The molecule has 3 aromatic carbocycles. The molecule has 23 heavy (non-hydrogen) atoms. The van der Waals surface area contributed by atoms with Gasteiger partial charge in [-0.3, -0.25) is 4.79 Å². The maximum absolute atomic E-state index is 12.6. The third-order valence-corrected chi connectivity index (χ3v) is 4.65. The number of hydrogen-bond donors (Lipinski definition) is 0. The Morgan fingerprint density at radius 3 is 2.48 bits per heavy atom. The first-order valence-electron chi connectivity index (χ1n) is 8.12. The smallest absolute Gasteiger partial charge is 0.227 e. The molecule has 0 radical (unpaired) electrons. The van der Waals surface area contributed by atoms with E-state index in [0.29, 0.717) is 6.42 Å². The van der Waals surface area contributed by atoms with Gasteiger partial charge in [-0.05, 0) is 33.9 Å². The van der Waals surface area contributed by atoms with Crippen LogP contribution in [0, 0.1) is 0 Å². The summed E-state index contributed by atoms with van der Waals surface area (Å²) in [7, 11) is 0. The average Bonchev–Trinajstić information content (AvgIpc) is 2.61. The molecule has 1 amide bonds. The summed E-state index contributed by atoms with van der Waals surface area (Å²) >= 11 is 0. The van der Waals surface area contributed by atoms with Crippen LogP contribution in [-0.4, -0.2) is 17.4 Å². The Bertz CT molecular complexity index is 868. The van der Waals surface area contributed by atoms with Gasteiger partial charge in [-0.25, -0.2) is 0 Å². The van der Waals surface area contributed by atoms with Crippen molar-refractivity contribution in [3.63, 3.8) is 0 Å². The van der Waals surface area contributed by atoms with Gasteiger partial charge in [-0.2, -0.15) is 0 Å². The van der Waals surface area contributed by atoms with Crippen LogP contribution in [0.5, 0.6) is 0 Å². The Hall–Kier alpha value is -2.61. The topological polar surface area (TPSA) is 20.3 Å². The fourth-order valence-corrected chi connectivity index (χ4v) is 3.34. The lowest BCUT2D eigenvalue weighted by molar-refractivity contribution is -0.131. The number of benzene rings is 3. The molecule has 0 aliphatic carbocycles. The second kappa shape index (κ2) is 5.88. The largest absolute Gasteiger partial charge is 0.338 e. The van der Waals surface area contributed by atoms with Crippen molar-refractivity contribution in [3.8, 4) is 0 Å². The van der Waals surface area contributed by atoms with Gasteiger partial charge >= 0.3 is 0 Å². The highest BCUT2D eigenvalue weighted by atomic mass is 16.2. The Labute approximate surface area is 136 Å².